The Morgan fingerprint density at radius 1 is 0.679 bits per heavy atom. The summed E-state index contributed by atoms with van der Waals surface area (Å²) in [5.41, 5.74) is 4.19. The van der Waals surface area contributed by atoms with Crippen molar-refractivity contribution >= 4 is 29.7 Å². The van der Waals surface area contributed by atoms with Gasteiger partial charge in [-0.15, -0.1) is 0 Å². The lowest BCUT2D eigenvalue weighted by Gasteiger charge is -2.19. The number of Topliss-reactive ketones (excluding diaryl/α,β-unsaturated/α-hetero) is 1. The Balaban J connectivity index is 1.11. The molecule has 11 heteroatoms. The number of aliphatic carboxylic acids is 1. The molecule has 310 valence electrons. The number of fused-ring (bicyclic) bond motifs is 3. The number of nitrogens with one attached hydrogen (secondary N) is 3. The van der Waals surface area contributed by atoms with Crippen LogP contribution in [0.4, 0.5) is 4.79 Å². The van der Waals surface area contributed by atoms with Gasteiger partial charge in [-0.05, 0) is 62.3 Å². The van der Waals surface area contributed by atoms with Gasteiger partial charge in [0.1, 0.15) is 24.0 Å². The van der Waals surface area contributed by atoms with E-state index in [-0.39, 0.29) is 62.5 Å². The number of hydrogen-bond acceptors (Lipinski definition) is 8. The molecule has 0 bridgehead atoms. The van der Waals surface area contributed by atoms with E-state index < -0.39 is 23.7 Å². The zero-order valence-corrected chi connectivity index (χ0v) is 34.1. The Bertz CT molecular complexity index is 1480. The normalized spacial score (nSPS) is 12.7. The third-order valence-corrected chi connectivity index (χ3v) is 10.0. The van der Waals surface area contributed by atoms with E-state index in [1.54, 1.807) is 0 Å². The van der Waals surface area contributed by atoms with Crippen LogP contribution in [0.2, 0.25) is 0 Å². The van der Waals surface area contributed by atoms with Gasteiger partial charge >= 0.3 is 18.0 Å². The summed E-state index contributed by atoms with van der Waals surface area (Å²) in [7, 11) is 0. The van der Waals surface area contributed by atoms with Gasteiger partial charge < -0.3 is 30.5 Å². The molecule has 2 aromatic rings. The first-order valence-electron chi connectivity index (χ1n) is 21.0. The molecule has 2 amide bonds. The highest BCUT2D eigenvalue weighted by atomic mass is 16.6. The van der Waals surface area contributed by atoms with Gasteiger partial charge in [-0.2, -0.15) is 0 Å². The number of ketones is 1. The summed E-state index contributed by atoms with van der Waals surface area (Å²) in [4.78, 5) is 60.6. The van der Waals surface area contributed by atoms with E-state index >= 15 is 0 Å². The highest BCUT2D eigenvalue weighted by Gasteiger charge is 2.29. The van der Waals surface area contributed by atoms with Crippen molar-refractivity contribution in [2.45, 2.75) is 154 Å². The zero-order valence-electron chi connectivity index (χ0n) is 34.1. The monoisotopic (exact) mass is 777 g/mol. The minimum atomic E-state index is -1.15. The average molecular weight is 778 g/mol. The van der Waals surface area contributed by atoms with Crippen molar-refractivity contribution < 1.29 is 38.6 Å². The number of benzene rings is 2. The highest BCUT2D eigenvalue weighted by molar-refractivity contribution is 5.85. The summed E-state index contributed by atoms with van der Waals surface area (Å²) in [5.74, 6) is -1.75. The second-order valence-electron chi connectivity index (χ2n) is 16.0. The lowest BCUT2D eigenvalue weighted by Crippen LogP contribution is -2.41. The second kappa shape index (κ2) is 25.8. The molecule has 11 nitrogen and oxygen atoms in total. The minimum Gasteiger partial charge on any atom is -0.480 e. The maximum atomic E-state index is 12.4. The number of carbonyl (C=O) groups is 5. The van der Waals surface area contributed by atoms with E-state index in [1.807, 2.05) is 45.0 Å². The van der Waals surface area contributed by atoms with Crippen LogP contribution in [0.5, 0.6) is 0 Å². The van der Waals surface area contributed by atoms with E-state index in [2.05, 4.69) is 40.2 Å². The van der Waals surface area contributed by atoms with Gasteiger partial charge in [-0.3, -0.25) is 14.4 Å². The molecular weight excluding hydrogens is 711 g/mol. The van der Waals surface area contributed by atoms with Crippen molar-refractivity contribution in [1.82, 2.24) is 16.0 Å². The molecule has 3 rings (SSSR count). The van der Waals surface area contributed by atoms with Crippen LogP contribution in [0.3, 0.4) is 0 Å². The summed E-state index contributed by atoms with van der Waals surface area (Å²) >= 11 is 0. The zero-order chi connectivity index (χ0) is 40.6. The smallest absolute Gasteiger partial charge is 0.407 e. The molecule has 1 aliphatic carbocycles. The molecule has 0 fully saturated rings. The third kappa shape index (κ3) is 18.6. The molecule has 0 aliphatic heterocycles. The molecule has 0 radical (unpaired) electrons. The number of ether oxygens (including phenoxy) is 2. The maximum absolute atomic E-state index is 12.4. The Kier molecular flexibility index (Phi) is 21.3. The predicted octanol–water partition coefficient (Wildman–Crippen LogP) is 8.62. The molecule has 0 saturated heterocycles. The van der Waals surface area contributed by atoms with Gasteiger partial charge in [0.15, 0.2) is 0 Å². The molecule has 0 heterocycles. The van der Waals surface area contributed by atoms with Crippen LogP contribution in [0.15, 0.2) is 48.5 Å². The van der Waals surface area contributed by atoms with Gasteiger partial charge in [0, 0.05) is 38.3 Å². The standard InChI is InChI=1S/C45H67N3O8/c1-45(2,3)56-42(51)27-17-15-13-11-9-7-5-4-6-8-10-12-14-16-26-41(50)48-40(43(52)53)29-28-34(49)32-46-30-31-47-44(54)55-33-39-37-24-20-18-22-35(37)36-23-19-21-25-38(36)39/h18-25,39-40,46H,4-17,26-33H2,1-3H3,(H,47,54)(H,48,50)(H,52,53)/t40-/m0/s1. The van der Waals surface area contributed by atoms with Crippen LogP contribution < -0.4 is 16.0 Å². The van der Waals surface area contributed by atoms with Gasteiger partial charge in [0.05, 0.1) is 6.54 Å². The number of carboxylic acids is 1. The lowest BCUT2D eigenvalue weighted by atomic mass is 9.98. The fourth-order valence-corrected chi connectivity index (χ4v) is 7.12. The number of hydrogen-bond donors (Lipinski definition) is 4. The van der Waals surface area contributed by atoms with Gasteiger partial charge in [0.25, 0.3) is 0 Å². The van der Waals surface area contributed by atoms with E-state index in [1.165, 1.54) is 51.4 Å². The molecule has 1 atom stereocenters. The number of amides is 2. The Labute approximate surface area is 334 Å². The van der Waals surface area contributed by atoms with E-state index in [9.17, 15) is 29.1 Å². The summed E-state index contributed by atoms with van der Waals surface area (Å²) < 4.78 is 10.9. The van der Waals surface area contributed by atoms with Crippen molar-refractivity contribution in [2.24, 2.45) is 0 Å². The first-order chi connectivity index (χ1) is 26.9. The SMILES string of the molecule is CC(C)(C)OC(=O)CCCCCCCCCCCCCCCCC(=O)N[C@@H](CCC(=O)CNCCNC(=O)OCC1c2ccccc2-c2ccccc21)C(=O)O. The topological polar surface area (TPSA) is 160 Å². The third-order valence-electron chi connectivity index (χ3n) is 10.0. The molecule has 2 aromatic carbocycles. The minimum absolute atomic E-state index is 0.0153. The van der Waals surface area contributed by atoms with Crippen molar-refractivity contribution in [3.63, 3.8) is 0 Å². The Hall–Kier alpha value is -4.25. The van der Waals surface area contributed by atoms with Crippen LogP contribution >= 0.6 is 0 Å². The van der Waals surface area contributed by atoms with Crippen LogP contribution in [-0.2, 0) is 28.7 Å². The molecule has 56 heavy (non-hydrogen) atoms. The highest BCUT2D eigenvalue weighted by Crippen LogP contribution is 2.44. The first kappa shape index (κ1) is 46.1. The second-order valence-corrected chi connectivity index (χ2v) is 16.0. The lowest BCUT2D eigenvalue weighted by molar-refractivity contribution is -0.155. The Morgan fingerprint density at radius 3 is 1.70 bits per heavy atom. The number of carbonyl (C=O) groups excluding carboxylic acids is 4. The number of unbranched alkanes of at least 4 members (excludes halogenated alkanes) is 13. The maximum Gasteiger partial charge on any atom is 0.407 e. The van der Waals surface area contributed by atoms with Gasteiger partial charge in [-0.25, -0.2) is 9.59 Å². The molecule has 0 spiro atoms. The summed E-state index contributed by atoms with van der Waals surface area (Å²) in [6, 6.07) is 15.2. The number of rotatable bonds is 29. The quantitative estimate of drug-likeness (QED) is 0.0469. The van der Waals surface area contributed by atoms with Gasteiger partial charge in [-0.1, -0.05) is 126 Å². The number of carboxylic acid groups (broad SMARTS) is 1. The van der Waals surface area contributed by atoms with E-state index in [0.717, 1.165) is 54.4 Å². The molecule has 0 unspecified atom stereocenters. The molecule has 1 aliphatic rings. The summed E-state index contributed by atoms with van der Waals surface area (Å²) in [6.07, 6.45) is 15.9. The number of esters is 1. The van der Waals surface area contributed by atoms with Crippen LogP contribution in [0, 0.1) is 0 Å². The van der Waals surface area contributed by atoms with Crippen molar-refractivity contribution in [3.8, 4) is 11.1 Å². The van der Waals surface area contributed by atoms with Crippen molar-refractivity contribution in [3.05, 3.63) is 59.7 Å². The van der Waals surface area contributed by atoms with E-state index in [0.29, 0.717) is 19.4 Å². The van der Waals surface area contributed by atoms with Crippen LogP contribution in [0.1, 0.15) is 153 Å². The fourth-order valence-electron chi connectivity index (χ4n) is 7.12. The molecule has 0 aromatic heterocycles. The Morgan fingerprint density at radius 2 is 1.18 bits per heavy atom. The average Bonchev–Trinajstić information content (AvgIpc) is 3.47. The fraction of sp³-hybridized carbons (Fsp3) is 0.622. The molecule has 4 N–H and O–H groups in total. The predicted molar refractivity (Wildman–Crippen MR) is 219 cm³/mol. The molecule has 0 saturated carbocycles. The van der Waals surface area contributed by atoms with Crippen LogP contribution in [-0.4, -0.2) is 72.7 Å². The summed E-state index contributed by atoms with van der Waals surface area (Å²) in [6.45, 7) is 6.55. The number of alkyl carbamates (subject to hydrolysis) is 1. The molecular formula is C45H67N3O8. The summed E-state index contributed by atoms with van der Waals surface area (Å²) in [5, 5.41) is 17.8. The van der Waals surface area contributed by atoms with Crippen molar-refractivity contribution in [2.75, 3.05) is 26.2 Å². The van der Waals surface area contributed by atoms with Crippen LogP contribution in [0.25, 0.3) is 11.1 Å². The van der Waals surface area contributed by atoms with Gasteiger partial charge in [0.2, 0.25) is 5.91 Å². The first-order valence-corrected chi connectivity index (χ1v) is 21.0. The van der Waals surface area contributed by atoms with E-state index in [4.69, 9.17) is 9.47 Å². The van der Waals surface area contributed by atoms with Crippen molar-refractivity contribution in [1.29, 1.82) is 0 Å². The largest absolute Gasteiger partial charge is 0.480 e.